The van der Waals surface area contributed by atoms with Gasteiger partial charge in [-0.2, -0.15) is 10.5 Å². The highest BCUT2D eigenvalue weighted by molar-refractivity contribution is 5.54. The Bertz CT molecular complexity index is 237. The van der Waals surface area contributed by atoms with Gasteiger partial charge in [-0.15, -0.1) is 0 Å². The summed E-state index contributed by atoms with van der Waals surface area (Å²) in [5, 5.41) is 18.7. The first-order valence-electron chi connectivity index (χ1n) is 3.97. The monoisotopic (exact) mass is 194 g/mol. The van der Waals surface area contributed by atoms with E-state index < -0.39 is 0 Å². The molecule has 0 atom stereocenters. The Labute approximate surface area is 81.9 Å². The molecule has 0 heterocycles. The van der Waals surface area contributed by atoms with Crippen molar-refractivity contribution in [3.05, 3.63) is 0 Å². The molecule has 0 aromatic carbocycles. The van der Waals surface area contributed by atoms with Gasteiger partial charge in [0.05, 0.1) is 38.1 Å². The fraction of sp³-hybridized carbons (Fsp3) is 0.500. The number of amides is 2. The van der Waals surface area contributed by atoms with Crippen molar-refractivity contribution in [1.82, 2.24) is 10.0 Å². The minimum absolute atomic E-state index is 0.148. The summed E-state index contributed by atoms with van der Waals surface area (Å²) >= 11 is 0. The number of hydrogen-bond donors (Lipinski definition) is 0. The number of hydrazine groups is 1. The highest BCUT2D eigenvalue weighted by Crippen LogP contribution is 1.95. The van der Waals surface area contributed by atoms with Crippen molar-refractivity contribution in [2.45, 2.75) is 12.8 Å². The summed E-state index contributed by atoms with van der Waals surface area (Å²) in [7, 11) is 0. The summed E-state index contributed by atoms with van der Waals surface area (Å²) in [5.41, 5.74) is 0. The minimum Gasteiger partial charge on any atom is -0.277 e. The van der Waals surface area contributed by atoms with Gasteiger partial charge in [-0.25, -0.2) is 0 Å². The van der Waals surface area contributed by atoms with E-state index in [1.165, 1.54) is 0 Å². The lowest BCUT2D eigenvalue weighted by Gasteiger charge is -2.26. The van der Waals surface area contributed by atoms with Crippen molar-refractivity contribution >= 4 is 12.8 Å². The van der Waals surface area contributed by atoms with E-state index in [2.05, 4.69) is 0 Å². The van der Waals surface area contributed by atoms with Crippen molar-refractivity contribution in [3.8, 4) is 12.1 Å². The van der Waals surface area contributed by atoms with E-state index in [0.29, 0.717) is 12.8 Å². The average molecular weight is 194 g/mol. The van der Waals surface area contributed by atoms with Crippen LogP contribution in [0.3, 0.4) is 0 Å². The third-order valence-corrected chi connectivity index (χ3v) is 1.48. The zero-order valence-electron chi connectivity index (χ0n) is 7.59. The van der Waals surface area contributed by atoms with Gasteiger partial charge in [0.25, 0.3) is 0 Å². The van der Waals surface area contributed by atoms with Gasteiger partial charge < -0.3 is 0 Å². The summed E-state index contributed by atoms with van der Waals surface area (Å²) in [6.45, 7) is 0.314. The third-order valence-electron chi connectivity index (χ3n) is 1.48. The minimum atomic E-state index is 0.148. The summed E-state index contributed by atoms with van der Waals surface area (Å²) < 4.78 is 0. The molecule has 0 N–H and O–H groups in total. The maximum atomic E-state index is 10.5. The van der Waals surface area contributed by atoms with Crippen molar-refractivity contribution in [3.63, 3.8) is 0 Å². The number of rotatable bonds is 7. The second-order valence-electron chi connectivity index (χ2n) is 2.35. The zero-order chi connectivity index (χ0) is 10.8. The van der Waals surface area contributed by atoms with Crippen LogP contribution in [0.1, 0.15) is 12.8 Å². The van der Waals surface area contributed by atoms with Crippen LogP contribution in [-0.4, -0.2) is 35.9 Å². The molecule has 0 aliphatic carbocycles. The van der Waals surface area contributed by atoms with Gasteiger partial charge in [0.15, 0.2) is 0 Å². The molecule has 0 aromatic heterocycles. The average Bonchev–Trinajstić information content (AvgIpc) is 2.23. The predicted molar refractivity (Wildman–Crippen MR) is 46.0 cm³/mol. The van der Waals surface area contributed by atoms with E-state index in [4.69, 9.17) is 10.5 Å². The third kappa shape index (κ3) is 4.07. The molecule has 0 fully saturated rings. The summed E-state index contributed by atoms with van der Waals surface area (Å²) in [4.78, 5) is 21.0. The van der Waals surface area contributed by atoms with Gasteiger partial charge in [0.1, 0.15) is 0 Å². The van der Waals surface area contributed by atoms with Crippen LogP contribution in [-0.2, 0) is 9.59 Å². The van der Waals surface area contributed by atoms with Crippen LogP contribution in [0, 0.1) is 22.7 Å². The fourth-order valence-electron chi connectivity index (χ4n) is 0.812. The van der Waals surface area contributed by atoms with Gasteiger partial charge in [-0.05, 0) is 0 Å². The Morgan fingerprint density at radius 1 is 0.929 bits per heavy atom. The molecular weight excluding hydrogens is 184 g/mol. The van der Waals surface area contributed by atoms with Crippen LogP contribution in [0.4, 0.5) is 0 Å². The predicted octanol–water partition coefficient (Wildman–Crippen LogP) is -0.354. The Morgan fingerprint density at radius 2 is 1.29 bits per heavy atom. The molecule has 14 heavy (non-hydrogen) atoms. The first-order valence-corrected chi connectivity index (χ1v) is 3.97. The molecule has 6 nitrogen and oxygen atoms in total. The number of nitriles is 2. The number of hydrogen-bond acceptors (Lipinski definition) is 4. The molecule has 0 spiro atoms. The zero-order valence-corrected chi connectivity index (χ0v) is 7.59. The van der Waals surface area contributed by atoms with Gasteiger partial charge in [0.2, 0.25) is 12.8 Å². The van der Waals surface area contributed by atoms with E-state index in [1.54, 1.807) is 0 Å². The maximum absolute atomic E-state index is 10.5. The number of nitrogens with zero attached hydrogens (tertiary/aromatic N) is 4. The van der Waals surface area contributed by atoms with Crippen LogP contribution in [0.15, 0.2) is 0 Å². The van der Waals surface area contributed by atoms with E-state index in [0.717, 1.165) is 10.0 Å². The molecular formula is C8H10N4O2. The lowest BCUT2D eigenvalue weighted by atomic mass is 10.4. The van der Waals surface area contributed by atoms with Crippen molar-refractivity contribution in [1.29, 1.82) is 10.5 Å². The normalized spacial score (nSPS) is 8.14. The second-order valence-corrected chi connectivity index (χ2v) is 2.35. The van der Waals surface area contributed by atoms with E-state index in [9.17, 15) is 9.59 Å². The van der Waals surface area contributed by atoms with E-state index >= 15 is 0 Å². The van der Waals surface area contributed by atoms with Crippen LogP contribution in [0.2, 0.25) is 0 Å². The molecule has 0 aliphatic heterocycles. The van der Waals surface area contributed by atoms with Gasteiger partial charge in [-0.3, -0.25) is 19.6 Å². The second kappa shape index (κ2) is 7.56. The molecule has 6 heteroatoms. The van der Waals surface area contributed by atoms with E-state index in [1.807, 2.05) is 12.1 Å². The Kier molecular flexibility index (Phi) is 6.44. The van der Waals surface area contributed by atoms with Gasteiger partial charge in [0, 0.05) is 0 Å². The van der Waals surface area contributed by atoms with Gasteiger partial charge >= 0.3 is 0 Å². The molecule has 0 saturated carbocycles. The topological polar surface area (TPSA) is 88.2 Å². The fourth-order valence-corrected chi connectivity index (χ4v) is 0.812. The molecule has 0 unspecified atom stereocenters. The molecule has 0 bridgehead atoms. The SMILES string of the molecule is N#CCCN(C=O)N(C=O)CCC#N. The Balaban J connectivity index is 4.16. The summed E-state index contributed by atoms with van der Waals surface area (Å²) in [6, 6.07) is 3.72. The van der Waals surface area contributed by atoms with Crippen molar-refractivity contribution in [2.75, 3.05) is 13.1 Å². The van der Waals surface area contributed by atoms with Crippen LogP contribution >= 0.6 is 0 Å². The lowest BCUT2D eigenvalue weighted by molar-refractivity contribution is -0.146. The van der Waals surface area contributed by atoms with Crippen molar-refractivity contribution in [2.24, 2.45) is 0 Å². The van der Waals surface area contributed by atoms with Crippen LogP contribution in [0.5, 0.6) is 0 Å². The maximum Gasteiger partial charge on any atom is 0.228 e. The highest BCUT2D eigenvalue weighted by Gasteiger charge is 2.09. The molecule has 0 aliphatic rings. The lowest BCUT2D eigenvalue weighted by Crippen LogP contribution is -2.41. The molecule has 0 saturated heterocycles. The Hall–Kier alpha value is -2.08. The summed E-state index contributed by atoms with van der Waals surface area (Å²) in [6.07, 6.45) is 1.22. The molecule has 74 valence electrons. The first kappa shape index (κ1) is 11.9. The number of carbonyl (C=O) groups is 2. The standard InChI is InChI=1S/C8H10N4O2/c9-3-1-5-11(7-13)12(8-14)6-2-4-10/h7-8H,1-2,5-6H2. The number of carbonyl (C=O) groups excluding carboxylic acids is 2. The molecule has 2 amide bonds. The Morgan fingerprint density at radius 3 is 1.50 bits per heavy atom. The largest absolute Gasteiger partial charge is 0.277 e. The van der Waals surface area contributed by atoms with Gasteiger partial charge in [-0.1, -0.05) is 0 Å². The van der Waals surface area contributed by atoms with Crippen LogP contribution in [0.25, 0.3) is 0 Å². The molecule has 0 aromatic rings. The summed E-state index contributed by atoms with van der Waals surface area (Å²) in [5.74, 6) is 0. The molecule has 0 radical (unpaired) electrons. The molecule has 0 rings (SSSR count). The van der Waals surface area contributed by atoms with Crippen molar-refractivity contribution < 1.29 is 9.59 Å². The van der Waals surface area contributed by atoms with Crippen LogP contribution < -0.4 is 0 Å². The smallest absolute Gasteiger partial charge is 0.228 e. The van der Waals surface area contributed by atoms with E-state index in [-0.39, 0.29) is 25.9 Å². The highest BCUT2D eigenvalue weighted by atomic mass is 16.2. The quantitative estimate of drug-likeness (QED) is 0.409. The first-order chi connectivity index (χ1) is 6.79.